The van der Waals surface area contributed by atoms with Crippen LogP contribution in [0.2, 0.25) is 0 Å². The zero-order valence-corrected chi connectivity index (χ0v) is 11.6. The van der Waals surface area contributed by atoms with Crippen LogP contribution in [0.3, 0.4) is 0 Å². The Balaban J connectivity index is 2.29. The van der Waals surface area contributed by atoms with Gasteiger partial charge in [-0.05, 0) is 31.4 Å². The number of hydrogen-bond acceptors (Lipinski definition) is 4. The Kier molecular flexibility index (Phi) is 3.87. The molecule has 0 spiro atoms. The lowest BCUT2D eigenvalue weighted by atomic mass is 10.2. The molecule has 1 aliphatic heterocycles. The Morgan fingerprint density at radius 1 is 1.53 bits per heavy atom. The summed E-state index contributed by atoms with van der Waals surface area (Å²) >= 11 is 1.37. The molecule has 2 N–H and O–H groups in total. The summed E-state index contributed by atoms with van der Waals surface area (Å²) in [6, 6.07) is 3.59. The first-order valence-electron chi connectivity index (χ1n) is 5.90. The van der Waals surface area contributed by atoms with E-state index in [0.29, 0.717) is 17.3 Å². The lowest BCUT2D eigenvalue weighted by Gasteiger charge is -2.21. The van der Waals surface area contributed by atoms with Crippen molar-refractivity contribution in [3.05, 3.63) is 17.0 Å². The molecular formula is C11H18N2O2S2. The fraction of sp³-hybridized carbons (Fsp3) is 0.636. The molecular weight excluding hydrogens is 256 g/mol. The van der Waals surface area contributed by atoms with Gasteiger partial charge in [-0.2, -0.15) is 4.31 Å². The minimum Gasteiger partial charge on any atom is -0.329 e. The minimum absolute atomic E-state index is 0.0211. The van der Waals surface area contributed by atoms with Crippen molar-refractivity contribution in [3.8, 4) is 0 Å². The third kappa shape index (κ3) is 2.40. The summed E-state index contributed by atoms with van der Waals surface area (Å²) in [5.41, 5.74) is 5.63. The van der Waals surface area contributed by atoms with Crippen LogP contribution >= 0.6 is 11.3 Å². The topological polar surface area (TPSA) is 63.4 Å². The van der Waals surface area contributed by atoms with Crippen LogP contribution in [0.15, 0.2) is 16.3 Å². The van der Waals surface area contributed by atoms with Gasteiger partial charge >= 0.3 is 0 Å². The minimum atomic E-state index is -3.32. The van der Waals surface area contributed by atoms with E-state index in [-0.39, 0.29) is 6.04 Å². The standard InChI is InChI=1S/C11H18N2O2S2/c1-2-10-5-6-11(16-10)17(14,15)13-7-3-4-9(13)8-12/h5-6,9H,2-4,7-8,12H2,1H3/t9-/m0/s1. The van der Waals surface area contributed by atoms with Gasteiger partial charge in [0, 0.05) is 24.0 Å². The van der Waals surface area contributed by atoms with Crippen LogP contribution in [0, 0.1) is 0 Å². The van der Waals surface area contributed by atoms with E-state index in [4.69, 9.17) is 5.73 Å². The molecule has 1 saturated heterocycles. The first-order valence-corrected chi connectivity index (χ1v) is 8.16. The van der Waals surface area contributed by atoms with Crippen molar-refractivity contribution in [2.24, 2.45) is 5.73 Å². The van der Waals surface area contributed by atoms with E-state index in [9.17, 15) is 8.42 Å². The first-order chi connectivity index (χ1) is 8.09. The molecule has 17 heavy (non-hydrogen) atoms. The number of hydrogen-bond donors (Lipinski definition) is 1. The molecule has 6 heteroatoms. The van der Waals surface area contributed by atoms with Gasteiger partial charge in [0.1, 0.15) is 4.21 Å². The molecule has 0 saturated carbocycles. The van der Waals surface area contributed by atoms with E-state index >= 15 is 0 Å². The second kappa shape index (κ2) is 5.06. The summed E-state index contributed by atoms with van der Waals surface area (Å²) in [7, 11) is -3.32. The molecule has 1 fully saturated rings. The van der Waals surface area contributed by atoms with Crippen molar-refractivity contribution in [1.29, 1.82) is 0 Å². The van der Waals surface area contributed by atoms with Crippen molar-refractivity contribution >= 4 is 21.4 Å². The maximum absolute atomic E-state index is 12.4. The van der Waals surface area contributed by atoms with Crippen LogP contribution in [0.1, 0.15) is 24.6 Å². The molecule has 0 aromatic carbocycles. The monoisotopic (exact) mass is 274 g/mol. The molecule has 1 aromatic rings. The maximum atomic E-state index is 12.4. The smallest absolute Gasteiger partial charge is 0.252 e. The zero-order chi connectivity index (χ0) is 12.5. The lowest BCUT2D eigenvalue weighted by molar-refractivity contribution is 0.394. The maximum Gasteiger partial charge on any atom is 0.252 e. The predicted octanol–water partition coefficient (Wildman–Crippen LogP) is 1.42. The van der Waals surface area contributed by atoms with Crippen molar-refractivity contribution in [2.45, 2.75) is 36.4 Å². The molecule has 1 aromatic heterocycles. The highest BCUT2D eigenvalue weighted by atomic mass is 32.2. The number of nitrogens with two attached hydrogens (primary N) is 1. The van der Waals surface area contributed by atoms with Crippen molar-refractivity contribution in [1.82, 2.24) is 4.31 Å². The lowest BCUT2D eigenvalue weighted by Crippen LogP contribution is -2.39. The molecule has 0 radical (unpaired) electrons. The van der Waals surface area contributed by atoms with E-state index in [2.05, 4.69) is 0 Å². The molecule has 2 heterocycles. The molecule has 96 valence electrons. The number of nitrogens with zero attached hydrogens (tertiary/aromatic N) is 1. The van der Waals surface area contributed by atoms with Crippen molar-refractivity contribution in [3.63, 3.8) is 0 Å². The fourth-order valence-corrected chi connectivity index (χ4v) is 5.29. The number of thiophene rings is 1. The molecule has 0 bridgehead atoms. The van der Waals surface area contributed by atoms with Gasteiger partial charge in [0.15, 0.2) is 0 Å². The normalized spacial score (nSPS) is 22.1. The summed E-state index contributed by atoms with van der Waals surface area (Å²) < 4.78 is 26.8. The Morgan fingerprint density at radius 2 is 2.29 bits per heavy atom. The second-order valence-electron chi connectivity index (χ2n) is 4.22. The summed E-state index contributed by atoms with van der Waals surface area (Å²) in [6.45, 7) is 3.04. The van der Waals surface area contributed by atoms with Crippen LogP contribution in [-0.4, -0.2) is 31.9 Å². The molecule has 0 amide bonds. The summed E-state index contributed by atoms with van der Waals surface area (Å²) in [5.74, 6) is 0. The third-order valence-corrected chi connectivity index (χ3v) is 6.79. The number of sulfonamides is 1. The van der Waals surface area contributed by atoms with Crippen molar-refractivity contribution in [2.75, 3.05) is 13.1 Å². The Morgan fingerprint density at radius 3 is 2.88 bits per heavy atom. The van der Waals surface area contributed by atoms with Gasteiger partial charge in [0.05, 0.1) is 0 Å². The van der Waals surface area contributed by atoms with Gasteiger partial charge in [0.25, 0.3) is 10.0 Å². The number of rotatable bonds is 4. The van der Waals surface area contributed by atoms with E-state index in [1.165, 1.54) is 11.3 Å². The van der Waals surface area contributed by atoms with Gasteiger partial charge in [-0.15, -0.1) is 11.3 Å². The van der Waals surface area contributed by atoms with Crippen LogP contribution in [-0.2, 0) is 16.4 Å². The van der Waals surface area contributed by atoms with E-state index in [1.54, 1.807) is 10.4 Å². The van der Waals surface area contributed by atoms with E-state index < -0.39 is 10.0 Å². The fourth-order valence-electron chi connectivity index (χ4n) is 2.16. The molecule has 1 atom stereocenters. The van der Waals surface area contributed by atoms with Gasteiger partial charge in [-0.25, -0.2) is 8.42 Å². The zero-order valence-electron chi connectivity index (χ0n) is 9.93. The molecule has 1 aliphatic rings. The van der Waals surface area contributed by atoms with E-state index in [1.807, 2.05) is 13.0 Å². The largest absolute Gasteiger partial charge is 0.329 e. The highest BCUT2D eigenvalue weighted by molar-refractivity contribution is 7.91. The summed E-state index contributed by atoms with van der Waals surface area (Å²) in [6.07, 6.45) is 2.66. The van der Waals surface area contributed by atoms with Crippen LogP contribution in [0.4, 0.5) is 0 Å². The average Bonchev–Trinajstić information content (AvgIpc) is 2.97. The second-order valence-corrected chi connectivity index (χ2v) is 7.51. The average molecular weight is 274 g/mol. The quantitative estimate of drug-likeness (QED) is 0.903. The van der Waals surface area contributed by atoms with Gasteiger partial charge in [-0.3, -0.25) is 0 Å². The predicted molar refractivity (Wildman–Crippen MR) is 69.7 cm³/mol. The van der Waals surface area contributed by atoms with Crippen molar-refractivity contribution < 1.29 is 8.42 Å². The van der Waals surface area contributed by atoms with E-state index in [0.717, 1.165) is 24.1 Å². The Bertz CT molecular complexity index is 481. The molecule has 2 rings (SSSR count). The highest BCUT2D eigenvalue weighted by Crippen LogP contribution is 2.30. The first kappa shape index (κ1) is 13.0. The van der Waals surface area contributed by atoms with Gasteiger partial charge in [0.2, 0.25) is 0 Å². The Labute approximate surface area is 106 Å². The highest BCUT2D eigenvalue weighted by Gasteiger charge is 2.35. The molecule has 4 nitrogen and oxygen atoms in total. The molecule has 0 aliphatic carbocycles. The SMILES string of the molecule is CCc1ccc(S(=O)(=O)N2CCC[C@H]2CN)s1. The third-order valence-electron chi connectivity index (χ3n) is 3.14. The van der Waals surface area contributed by atoms with Crippen LogP contribution in [0.5, 0.6) is 0 Å². The van der Waals surface area contributed by atoms with Gasteiger partial charge < -0.3 is 5.73 Å². The summed E-state index contributed by atoms with van der Waals surface area (Å²) in [5, 5.41) is 0. The summed E-state index contributed by atoms with van der Waals surface area (Å²) in [4.78, 5) is 1.10. The van der Waals surface area contributed by atoms with Crippen LogP contribution < -0.4 is 5.73 Å². The Hall–Kier alpha value is -0.430. The molecule has 0 unspecified atom stereocenters. The number of aryl methyl sites for hydroxylation is 1. The van der Waals surface area contributed by atoms with Crippen LogP contribution in [0.25, 0.3) is 0 Å². The van der Waals surface area contributed by atoms with Gasteiger partial charge in [-0.1, -0.05) is 6.92 Å².